The van der Waals surface area contributed by atoms with Crippen LogP contribution in [0.3, 0.4) is 0 Å². The van der Waals surface area contributed by atoms with E-state index in [2.05, 4.69) is 20.8 Å². The standard InChI is InChI=1S/C16H26O2/c1-11(2)8-13(4)10-18-16-9-12(3)6-7-15(16)14(5)17/h6-7,9,11,13-14,17H,8,10H2,1-5H3. The summed E-state index contributed by atoms with van der Waals surface area (Å²) in [6.45, 7) is 11.2. The smallest absolute Gasteiger partial charge is 0.125 e. The van der Waals surface area contributed by atoms with Crippen LogP contribution in [0.1, 0.15) is 51.3 Å². The monoisotopic (exact) mass is 250 g/mol. The van der Waals surface area contributed by atoms with Crippen LogP contribution in [0.2, 0.25) is 0 Å². The van der Waals surface area contributed by atoms with Crippen molar-refractivity contribution in [1.82, 2.24) is 0 Å². The van der Waals surface area contributed by atoms with Crippen molar-refractivity contribution in [2.24, 2.45) is 11.8 Å². The van der Waals surface area contributed by atoms with Crippen molar-refractivity contribution < 1.29 is 9.84 Å². The second kappa shape index (κ2) is 6.79. The number of hydrogen-bond donors (Lipinski definition) is 1. The molecule has 2 atom stereocenters. The number of aliphatic hydroxyl groups is 1. The van der Waals surface area contributed by atoms with Gasteiger partial charge in [-0.25, -0.2) is 0 Å². The summed E-state index contributed by atoms with van der Waals surface area (Å²) < 4.78 is 5.88. The molecule has 0 fully saturated rings. The molecule has 0 spiro atoms. The van der Waals surface area contributed by atoms with Crippen LogP contribution in [0.15, 0.2) is 18.2 Å². The fourth-order valence-electron chi connectivity index (χ4n) is 2.22. The lowest BCUT2D eigenvalue weighted by Crippen LogP contribution is -2.12. The number of hydrogen-bond acceptors (Lipinski definition) is 2. The van der Waals surface area contributed by atoms with Gasteiger partial charge in [0.1, 0.15) is 5.75 Å². The minimum absolute atomic E-state index is 0.485. The Morgan fingerprint density at radius 1 is 1.17 bits per heavy atom. The zero-order valence-electron chi connectivity index (χ0n) is 12.2. The summed E-state index contributed by atoms with van der Waals surface area (Å²) in [7, 11) is 0. The molecule has 2 unspecified atom stereocenters. The first-order valence-corrected chi connectivity index (χ1v) is 6.81. The van der Waals surface area contributed by atoms with E-state index in [9.17, 15) is 5.11 Å². The molecule has 0 heterocycles. The van der Waals surface area contributed by atoms with Gasteiger partial charge in [0, 0.05) is 5.56 Å². The van der Waals surface area contributed by atoms with Gasteiger partial charge in [-0.1, -0.05) is 32.9 Å². The summed E-state index contributed by atoms with van der Waals surface area (Å²) in [4.78, 5) is 0. The van der Waals surface area contributed by atoms with Gasteiger partial charge in [-0.2, -0.15) is 0 Å². The van der Waals surface area contributed by atoms with Crippen LogP contribution in [0, 0.1) is 18.8 Å². The molecule has 0 bridgehead atoms. The van der Waals surface area contributed by atoms with Crippen molar-refractivity contribution in [3.8, 4) is 5.75 Å². The second-order valence-corrected chi connectivity index (χ2v) is 5.76. The molecule has 2 heteroatoms. The predicted molar refractivity (Wildman–Crippen MR) is 75.9 cm³/mol. The van der Waals surface area contributed by atoms with Crippen molar-refractivity contribution in [1.29, 1.82) is 0 Å². The SMILES string of the molecule is Cc1ccc(C(C)O)c(OCC(C)CC(C)C)c1. The summed E-state index contributed by atoms with van der Waals surface area (Å²) >= 11 is 0. The molecular formula is C16H26O2. The quantitative estimate of drug-likeness (QED) is 0.823. The Labute approximate surface area is 111 Å². The Bertz CT molecular complexity index is 369. The summed E-state index contributed by atoms with van der Waals surface area (Å²) in [5.41, 5.74) is 2.03. The number of benzene rings is 1. The fraction of sp³-hybridized carbons (Fsp3) is 0.625. The van der Waals surface area contributed by atoms with E-state index in [1.165, 1.54) is 0 Å². The van der Waals surface area contributed by atoms with E-state index in [1.54, 1.807) is 6.92 Å². The molecule has 2 nitrogen and oxygen atoms in total. The predicted octanol–water partition coefficient (Wildman–Crippen LogP) is 4.11. The lowest BCUT2D eigenvalue weighted by atomic mass is 10.00. The van der Waals surface area contributed by atoms with Gasteiger partial charge in [0.15, 0.2) is 0 Å². The summed E-state index contributed by atoms with van der Waals surface area (Å²) in [6.07, 6.45) is 0.677. The third-order valence-electron chi connectivity index (χ3n) is 3.02. The third-order valence-corrected chi connectivity index (χ3v) is 3.02. The number of aryl methyl sites for hydroxylation is 1. The molecule has 0 amide bonds. The summed E-state index contributed by atoms with van der Waals surface area (Å²) in [5.74, 6) is 2.05. The van der Waals surface area contributed by atoms with Crippen LogP contribution in [0.5, 0.6) is 5.75 Å². The summed E-state index contributed by atoms with van der Waals surface area (Å²) in [5, 5.41) is 9.73. The van der Waals surface area contributed by atoms with E-state index in [4.69, 9.17) is 4.74 Å². The topological polar surface area (TPSA) is 29.5 Å². The largest absolute Gasteiger partial charge is 0.493 e. The van der Waals surface area contributed by atoms with Crippen LogP contribution >= 0.6 is 0 Å². The van der Waals surface area contributed by atoms with Gasteiger partial charge in [0.25, 0.3) is 0 Å². The first-order valence-electron chi connectivity index (χ1n) is 6.81. The van der Waals surface area contributed by atoms with Gasteiger partial charge in [-0.3, -0.25) is 0 Å². The first kappa shape index (κ1) is 15.0. The fourth-order valence-corrected chi connectivity index (χ4v) is 2.22. The lowest BCUT2D eigenvalue weighted by molar-refractivity contribution is 0.184. The van der Waals surface area contributed by atoms with E-state index in [-0.39, 0.29) is 0 Å². The maximum absolute atomic E-state index is 9.73. The van der Waals surface area contributed by atoms with E-state index in [0.29, 0.717) is 18.4 Å². The van der Waals surface area contributed by atoms with Gasteiger partial charge < -0.3 is 9.84 Å². The molecule has 0 aliphatic heterocycles. The lowest BCUT2D eigenvalue weighted by Gasteiger charge is -2.18. The molecule has 0 saturated carbocycles. The van der Waals surface area contributed by atoms with Gasteiger partial charge in [-0.05, 0) is 43.7 Å². The first-order chi connectivity index (χ1) is 8.40. The molecule has 1 aromatic carbocycles. The molecule has 1 N–H and O–H groups in total. The van der Waals surface area contributed by atoms with Crippen LogP contribution in [-0.2, 0) is 0 Å². The molecular weight excluding hydrogens is 224 g/mol. The van der Waals surface area contributed by atoms with Gasteiger partial charge in [-0.15, -0.1) is 0 Å². The normalized spacial score (nSPS) is 14.6. The third kappa shape index (κ3) is 4.69. The Balaban J connectivity index is 2.68. The van der Waals surface area contributed by atoms with E-state index >= 15 is 0 Å². The van der Waals surface area contributed by atoms with E-state index < -0.39 is 6.10 Å². The molecule has 0 aliphatic carbocycles. The van der Waals surface area contributed by atoms with Crippen molar-refractivity contribution in [2.75, 3.05) is 6.61 Å². The van der Waals surface area contributed by atoms with Crippen molar-refractivity contribution in [3.05, 3.63) is 29.3 Å². The second-order valence-electron chi connectivity index (χ2n) is 5.76. The maximum Gasteiger partial charge on any atom is 0.125 e. The summed E-state index contributed by atoms with van der Waals surface area (Å²) in [6, 6.07) is 5.96. The minimum Gasteiger partial charge on any atom is -0.493 e. The Morgan fingerprint density at radius 3 is 2.39 bits per heavy atom. The van der Waals surface area contributed by atoms with Crippen LogP contribution in [0.4, 0.5) is 0 Å². The maximum atomic E-state index is 9.73. The van der Waals surface area contributed by atoms with E-state index in [1.807, 2.05) is 25.1 Å². The highest BCUT2D eigenvalue weighted by molar-refractivity contribution is 5.38. The zero-order valence-corrected chi connectivity index (χ0v) is 12.2. The van der Waals surface area contributed by atoms with Crippen LogP contribution in [0.25, 0.3) is 0 Å². The van der Waals surface area contributed by atoms with Crippen molar-refractivity contribution >= 4 is 0 Å². The average molecular weight is 250 g/mol. The van der Waals surface area contributed by atoms with Crippen LogP contribution < -0.4 is 4.74 Å². The molecule has 0 radical (unpaired) electrons. The number of aliphatic hydroxyl groups excluding tert-OH is 1. The average Bonchev–Trinajstić information content (AvgIpc) is 2.25. The highest BCUT2D eigenvalue weighted by atomic mass is 16.5. The zero-order chi connectivity index (χ0) is 13.7. The van der Waals surface area contributed by atoms with Gasteiger partial charge >= 0.3 is 0 Å². The van der Waals surface area contributed by atoms with E-state index in [0.717, 1.165) is 23.3 Å². The number of rotatable bonds is 6. The Morgan fingerprint density at radius 2 is 1.83 bits per heavy atom. The Kier molecular flexibility index (Phi) is 5.67. The molecule has 1 aromatic rings. The molecule has 0 aliphatic rings. The molecule has 102 valence electrons. The minimum atomic E-state index is -0.485. The molecule has 0 aromatic heterocycles. The van der Waals surface area contributed by atoms with Crippen LogP contribution in [-0.4, -0.2) is 11.7 Å². The molecule has 1 rings (SSSR count). The highest BCUT2D eigenvalue weighted by Gasteiger charge is 2.11. The highest BCUT2D eigenvalue weighted by Crippen LogP contribution is 2.27. The molecule has 18 heavy (non-hydrogen) atoms. The van der Waals surface area contributed by atoms with Gasteiger partial charge in [0.2, 0.25) is 0 Å². The number of ether oxygens (including phenoxy) is 1. The Hall–Kier alpha value is -1.02. The molecule has 0 saturated heterocycles. The van der Waals surface area contributed by atoms with Crippen molar-refractivity contribution in [2.45, 2.75) is 47.1 Å². The van der Waals surface area contributed by atoms with Crippen molar-refractivity contribution in [3.63, 3.8) is 0 Å². The van der Waals surface area contributed by atoms with Gasteiger partial charge in [0.05, 0.1) is 12.7 Å².